The van der Waals surface area contributed by atoms with Crippen LogP contribution in [0.3, 0.4) is 0 Å². The van der Waals surface area contributed by atoms with Gasteiger partial charge in [-0.15, -0.1) is 0 Å². The number of piperazine rings is 1. The number of aryl methyl sites for hydroxylation is 2. The van der Waals surface area contributed by atoms with Gasteiger partial charge in [-0.05, 0) is 24.1 Å². The fourth-order valence-electron chi connectivity index (χ4n) is 2.73. The van der Waals surface area contributed by atoms with Crippen molar-refractivity contribution in [2.24, 2.45) is 7.05 Å². The second-order valence-corrected chi connectivity index (χ2v) is 5.67. The Morgan fingerprint density at radius 3 is 2.57 bits per heavy atom. The second kappa shape index (κ2) is 6.68. The predicted molar refractivity (Wildman–Crippen MR) is 82.7 cm³/mol. The van der Waals surface area contributed by atoms with Crippen molar-refractivity contribution >= 4 is 11.8 Å². The molecule has 7 heteroatoms. The van der Waals surface area contributed by atoms with Crippen LogP contribution in [0.15, 0.2) is 35.2 Å². The summed E-state index contributed by atoms with van der Waals surface area (Å²) >= 11 is 0. The molecule has 0 N–H and O–H groups in total. The average Bonchev–Trinajstić information content (AvgIpc) is 3.24. The van der Waals surface area contributed by atoms with Gasteiger partial charge in [0.25, 0.3) is 5.91 Å². The van der Waals surface area contributed by atoms with Crippen LogP contribution in [0.25, 0.3) is 0 Å². The summed E-state index contributed by atoms with van der Waals surface area (Å²) in [7, 11) is 1.86. The molecule has 0 spiro atoms. The maximum Gasteiger partial charge on any atom is 0.289 e. The van der Waals surface area contributed by atoms with E-state index in [-0.39, 0.29) is 11.8 Å². The molecule has 1 saturated heterocycles. The van der Waals surface area contributed by atoms with Crippen molar-refractivity contribution in [3.05, 3.63) is 42.1 Å². The standard InChI is InChI=1S/C16H20N4O3/c1-18-12-13(11-17-18)4-5-15(21)19-6-8-20(9-7-19)16(22)14-3-2-10-23-14/h2-3,10-12H,4-9H2,1H3. The van der Waals surface area contributed by atoms with Crippen LogP contribution in [0.2, 0.25) is 0 Å². The van der Waals surface area contributed by atoms with Crippen LogP contribution in [0, 0.1) is 0 Å². The van der Waals surface area contributed by atoms with Crippen molar-refractivity contribution in [2.75, 3.05) is 26.2 Å². The third kappa shape index (κ3) is 3.61. The van der Waals surface area contributed by atoms with E-state index in [0.717, 1.165) is 5.56 Å². The van der Waals surface area contributed by atoms with E-state index in [2.05, 4.69) is 5.10 Å². The minimum absolute atomic E-state index is 0.113. The van der Waals surface area contributed by atoms with Crippen LogP contribution in [0.4, 0.5) is 0 Å². The number of hydrogen-bond acceptors (Lipinski definition) is 4. The molecule has 0 radical (unpaired) electrons. The van der Waals surface area contributed by atoms with Crippen LogP contribution >= 0.6 is 0 Å². The highest BCUT2D eigenvalue weighted by Gasteiger charge is 2.25. The molecule has 3 rings (SSSR count). The van der Waals surface area contributed by atoms with Gasteiger partial charge in [-0.1, -0.05) is 0 Å². The first-order valence-corrected chi connectivity index (χ1v) is 7.71. The number of nitrogens with zero attached hydrogens (tertiary/aromatic N) is 4. The largest absolute Gasteiger partial charge is 0.459 e. The minimum Gasteiger partial charge on any atom is -0.459 e. The van der Waals surface area contributed by atoms with Gasteiger partial charge in [-0.3, -0.25) is 14.3 Å². The summed E-state index contributed by atoms with van der Waals surface area (Å²) in [5.41, 5.74) is 1.06. The maximum atomic E-state index is 12.3. The Labute approximate surface area is 134 Å². The van der Waals surface area contributed by atoms with E-state index >= 15 is 0 Å². The molecule has 3 heterocycles. The van der Waals surface area contributed by atoms with Crippen molar-refractivity contribution in [2.45, 2.75) is 12.8 Å². The lowest BCUT2D eigenvalue weighted by Gasteiger charge is -2.34. The number of rotatable bonds is 4. The van der Waals surface area contributed by atoms with Gasteiger partial charge in [0.1, 0.15) is 0 Å². The zero-order chi connectivity index (χ0) is 16.2. The molecule has 0 aromatic carbocycles. The Hall–Kier alpha value is -2.57. The molecule has 1 aliphatic heterocycles. The van der Waals surface area contributed by atoms with Gasteiger partial charge in [-0.2, -0.15) is 5.10 Å². The van der Waals surface area contributed by atoms with Gasteiger partial charge in [-0.25, -0.2) is 0 Å². The number of furan rings is 1. The first kappa shape index (κ1) is 15.3. The minimum atomic E-state index is -0.113. The van der Waals surface area contributed by atoms with Crippen LogP contribution in [-0.4, -0.2) is 57.6 Å². The Bertz CT molecular complexity index is 669. The molecule has 0 atom stereocenters. The monoisotopic (exact) mass is 316 g/mol. The number of aromatic nitrogens is 2. The Morgan fingerprint density at radius 2 is 1.96 bits per heavy atom. The molecule has 0 aliphatic carbocycles. The third-order valence-corrected chi connectivity index (χ3v) is 4.04. The van der Waals surface area contributed by atoms with Gasteiger partial charge in [0.05, 0.1) is 12.5 Å². The van der Waals surface area contributed by atoms with Gasteiger partial charge < -0.3 is 14.2 Å². The number of hydrogen-bond donors (Lipinski definition) is 0. The van der Waals surface area contributed by atoms with Gasteiger partial charge in [0.15, 0.2) is 5.76 Å². The first-order chi connectivity index (χ1) is 11.1. The summed E-state index contributed by atoms with van der Waals surface area (Å²) in [6, 6.07) is 3.36. The molecule has 1 aliphatic rings. The van der Waals surface area contributed by atoms with Crippen LogP contribution in [-0.2, 0) is 18.3 Å². The molecule has 1 fully saturated rings. The highest BCUT2D eigenvalue weighted by Crippen LogP contribution is 2.11. The van der Waals surface area contributed by atoms with E-state index in [4.69, 9.17) is 4.42 Å². The first-order valence-electron chi connectivity index (χ1n) is 7.71. The molecule has 0 unspecified atom stereocenters. The number of carbonyl (C=O) groups is 2. The topological polar surface area (TPSA) is 71.6 Å². The lowest BCUT2D eigenvalue weighted by Crippen LogP contribution is -2.50. The molecule has 7 nitrogen and oxygen atoms in total. The van der Waals surface area contributed by atoms with E-state index in [1.54, 1.807) is 27.9 Å². The van der Waals surface area contributed by atoms with Crippen LogP contribution in [0.1, 0.15) is 22.5 Å². The van der Waals surface area contributed by atoms with Crippen LogP contribution in [0.5, 0.6) is 0 Å². The Kier molecular flexibility index (Phi) is 4.45. The lowest BCUT2D eigenvalue weighted by molar-refractivity contribution is -0.132. The molecule has 23 heavy (non-hydrogen) atoms. The van der Waals surface area contributed by atoms with Gasteiger partial charge in [0, 0.05) is 45.8 Å². The van der Waals surface area contributed by atoms with Gasteiger partial charge >= 0.3 is 0 Å². The summed E-state index contributed by atoms with van der Waals surface area (Å²) in [5, 5.41) is 4.10. The summed E-state index contributed by atoms with van der Waals surface area (Å²) < 4.78 is 6.87. The predicted octanol–water partition coefficient (Wildman–Crippen LogP) is 0.930. The SMILES string of the molecule is Cn1cc(CCC(=O)N2CCN(C(=O)c3ccco3)CC2)cn1. The van der Waals surface area contributed by atoms with E-state index in [1.165, 1.54) is 6.26 Å². The summed E-state index contributed by atoms with van der Waals surface area (Å²) in [6.45, 7) is 2.22. The normalized spacial score (nSPS) is 15.0. The van der Waals surface area contributed by atoms with Crippen molar-refractivity contribution < 1.29 is 14.0 Å². The van der Waals surface area contributed by atoms with E-state index < -0.39 is 0 Å². The molecular formula is C16H20N4O3. The zero-order valence-electron chi connectivity index (χ0n) is 13.1. The highest BCUT2D eigenvalue weighted by atomic mass is 16.3. The second-order valence-electron chi connectivity index (χ2n) is 5.67. The molecule has 0 bridgehead atoms. The summed E-state index contributed by atoms with van der Waals surface area (Å²) in [5.74, 6) is 0.359. The van der Waals surface area contributed by atoms with Crippen molar-refractivity contribution in [1.29, 1.82) is 0 Å². The highest BCUT2D eigenvalue weighted by molar-refractivity contribution is 5.91. The Morgan fingerprint density at radius 1 is 1.22 bits per heavy atom. The molecule has 2 aromatic rings. The van der Waals surface area contributed by atoms with Crippen molar-refractivity contribution in [3.63, 3.8) is 0 Å². The van der Waals surface area contributed by atoms with E-state index in [9.17, 15) is 9.59 Å². The third-order valence-electron chi connectivity index (χ3n) is 4.04. The van der Waals surface area contributed by atoms with Crippen LogP contribution < -0.4 is 0 Å². The molecule has 2 amide bonds. The summed E-state index contributed by atoms with van der Waals surface area (Å²) in [6.07, 6.45) is 6.36. The summed E-state index contributed by atoms with van der Waals surface area (Å²) in [4.78, 5) is 28.0. The molecule has 0 saturated carbocycles. The fourth-order valence-corrected chi connectivity index (χ4v) is 2.73. The van der Waals surface area contributed by atoms with Crippen molar-refractivity contribution in [1.82, 2.24) is 19.6 Å². The van der Waals surface area contributed by atoms with Crippen molar-refractivity contribution in [3.8, 4) is 0 Å². The molecule has 2 aromatic heterocycles. The fraction of sp³-hybridized carbons (Fsp3) is 0.438. The van der Waals surface area contributed by atoms with E-state index in [0.29, 0.717) is 44.8 Å². The molecular weight excluding hydrogens is 296 g/mol. The average molecular weight is 316 g/mol. The number of amides is 2. The quantitative estimate of drug-likeness (QED) is 0.841. The van der Waals surface area contributed by atoms with Gasteiger partial charge in [0.2, 0.25) is 5.91 Å². The lowest BCUT2D eigenvalue weighted by atomic mass is 10.1. The smallest absolute Gasteiger partial charge is 0.289 e. The Balaban J connectivity index is 1.46. The maximum absolute atomic E-state index is 12.3. The molecule has 122 valence electrons. The zero-order valence-corrected chi connectivity index (χ0v) is 13.1. The van der Waals surface area contributed by atoms with E-state index in [1.807, 2.05) is 18.1 Å². The number of carbonyl (C=O) groups excluding carboxylic acids is 2.